The molecule has 0 saturated carbocycles. The molecule has 1 saturated heterocycles. The van der Waals surface area contributed by atoms with Gasteiger partial charge in [0.05, 0.1) is 13.2 Å². The Morgan fingerprint density at radius 1 is 1.53 bits per heavy atom. The fourth-order valence-electron chi connectivity index (χ4n) is 1.80. The average molecular weight is 212 g/mol. The smallest absolute Gasteiger partial charge is 0.104 e. The van der Waals surface area contributed by atoms with Crippen LogP contribution < -0.4 is 0 Å². The van der Waals surface area contributed by atoms with Crippen molar-refractivity contribution in [1.82, 2.24) is 0 Å². The van der Waals surface area contributed by atoms with Gasteiger partial charge in [-0.15, -0.1) is 0 Å². The van der Waals surface area contributed by atoms with Crippen molar-refractivity contribution in [3.63, 3.8) is 0 Å². The predicted molar refractivity (Wildman–Crippen MR) is 62.9 cm³/mol. The Balaban J connectivity index is 2.06. The molecule has 1 heterocycles. The maximum absolute atomic E-state index is 5.59. The van der Waals surface area contributed by atoms with E-state index in [2.05, 4.69) is 32.9 Å². The van der Waals surface area contributed by atoms with Gasteiger partial charge in [-0.1, -0.05) is 26.0 Å². The Morgan fingerprint density at radius 2 is 2.27 bits per heavy atom. The van der Waals surface area contributed by atoms with Crippen molar-refractivity contribution in [3.05, 3.63) is 12.2 Å². The summed E-state index contributed by atoms with van der Waals surface area (Å²) < 4.78 is 10.7. The molecule has 2 nitrogen and oxygen atoms in total. The molecule has 0 aliphatic carbocycles. The SMILES string of the molecule is C/C=C\C(CC)CC(C)COCC1CO1. The summed E-state index contributed by atoms with van der Waals surface area (Å²) in [5.74, 6) is 1.36. The number of ether oxygens (including phenoxy) is 2. The highest BCUT2D eigenvalue weighted by atomic mass is 16.6. The van der Waals surface area contributed by atoms with Crippen LogP contribution >= 0.6 is 0 Å². The van der Waals surface area contributed by atoms with Gasteiger partial charge in [0.25, 0.3) is 0 Å². The first-order valence-electron chi connectivity index (χ1n) is 6.08. The van der Waals surface area contributed by atoms with Crippen LogP contribution in [0.1, 0.15) is 33.6 Å². The van der Waals surface area contributed by atoms with Crippen molar-refractivity contribution in [3.8, 4) is 0 Å². The Hall–Kier alpha value is -0.340. The molecular formula is C13H24O2. The third-order valence-electron chi connectivity index (χ3n) is 2.80. The van der Waals surface area contributed by atoms with E-state index in [9.17, 15) is 0 Å². The molecule has 15 heavy (non-hydrogen) atoms. The maximum atomic E-state index is 5.59. The second kappa shape index (κ2) is 7.02. The second-order valence-corrected chi connectivity index (χ2v) is 4.53. The molecule has 1 aliphatic heterocycles. The predicted octanol–water partition coefficient (Wildman–Crippen LogP) is 3.03. The summed E-state index contributed by atoms with van der Waals surface area (Å²) in [4.78, 5) is 0. The number of rotatable bonds is 8. The fraction of sp³-hybridized carbons (Fsp3) is 0.846. The van der Waals surface area contributed by atoms with E-state index in [1.54, 1.807) is 0 Å². The van der Waals surface area contributed by atoms with Crippen LogP contribution in [0.2, 0.25) is 0 Å². The van der Waals surface area contributed by atoms with Gasteiger partial charge in [-0.25, -0.2) is 0 Å². The van der Waals surface area contributed by atoms with Crippen LogP contribution in [-0.4, -0.2) is 25.9 Å². The van der Waals surface area contributed by atoms with Gasteiger partial charge in [0.15, 0.2) is 0 Å². The van der Waals surface area contributed by atoms with Crippen molar-refractivity contribution in [2.75, 3.05) is 19.8 Å². The molecule has 1 aliphatic rings. The van der Waals surface area contributed by atoms with Gasteiger partial charge in [-0.05, 0) is 31.6 Å². The van der Waals surface area contributed by atoms with Gasteiger partial charge >= 0.3 is 0 Å². The highest BCUT2D eigenvalue weighted by molar-refractivity contribution is 4.85. The van der Waals surface area contributed by atoms with Crippen LogP contribution in [0.3, 0.4) is 0 Å². The third kappa shape index (κ3) is 5.95. The molecule has 0 aromatic heterocycles. The highest BCUT2D eigenvalue weighted by Gasteiger charge is 2.22. The van der Waals surface area contributed by atoms with Crippen molar-refractivity contribution in [2.24, 2.45) is 11.8 Å². The minimum absolute atomic E-state index is 0.398. The zero-order valence-electron chi connectivity index (χ0n) is 10.2. The van der Waals surface area contributed by atoms with Crippen LogP contribution in [0.25, 0.3) is 0 Å². The van der Waals surface area contributed by atoms with Crippen molar-refractivity contribution < 1.29 is 9.47 Å². The zero-order chi connectivity index (χ0) is 11.1. The van der Waals surface area contributed by atoms with E-state index in [4.69, 9.17) is 9.47 Å². The van der Waals surface area contributed by atoms with Crippen LogP contribution in [-0.2, 0) is 9.47 Å². The lowest BCUT2D eigenvalue weighted by atomic mass is 9.94. The van der Waals surface area contributed by atoms with Crippen LogP contribution in [0.5, 0.6) is 0 Å². The molecule has 0 radical (unpaired) electrons. The van der Waals surface area contributed by atoms with Gasteiger partial charge in [0.2, 0.25) is 0 Å². The summed E-state index contributed by atoms with van der Waals surface area (Å²) in [5.41, 5.74) is 0. The summed E-state index contributed by atoms with van der Waals surface area (Å²) in [7, 11) is 0. The quantitative estimate of drug-likeness (QED) is 0.455. The molecule has 2 heteroatoms. The largest absolute Gasteiger partial charge is 0.378 e. The normalized spacial score (nSPS) is 24.3. The van der Waals surface area contributed by atoms with Gasteiger partial charge < -0.3 is 9.47 Å². The van der Waals surface area contributed by atoms with E-state index < -0.39 is 0 Å². The van der Waals surface area contributed by atoms with Crippen LogP contribution in [0, 0.1) is 11.8 Å². The van der Waals surface area contributed by atoms with Gasteiger partial charge in [-0.2, -0.15) is 0 Å². The van der Waals surface area contributed by atoms with E-state index in [0.29, 0.717) is 17.9 Å². The topological polar surface area (TPSA) is 21.8 Å². The van der Waals surface area contributed by atoms with E-state index >= 15 is 0 Å². The summed E-state index contributed by atoms with van der Waals surface area (Å²) in [6, 6.07) is 0. The Kier molecular flexibility index (Phi) is 5.96. The third-order valence-corrected chi connectivity index (χ3v) is 2.80. The molecule has 0 N–H and O–H groups in total. The molecule has 88 valence electrons. The first-order valence-corrected chi connectivity index (χ1v) is 6.08. The average Bonchev–Trinajstić information content (AvgIpc) is 3.01. The first-order chi connectivity index (χ1) is 7.26. The van der Waals surface area contributed by atoms with E-state index in [1.165, 1.54) is 12.8 Å². The minimum Gasteiger partial charge on any atom is -0.378 e. The lowest BCUT2D eigenvalue weighted by molar-refractivity contribution is 0.0850. The lowest BCUT2D eigenvalue weighted by Crippen LogP contribution is -2.12. The fourth-order valence-corrected chi connectivity index (χ4v) is 1.80. The Morgan fingerprint density at radius 3 is 2.80 bits per heavy atom. The van der Waals surface area contributed by atoms with Crippen molar-refractivity contribution >= 4 is 0 Å². The molecular weight excluding hydrogens is 188 g/mol. The Bertz CT molecular complexity index is 185. The van der Waals surface area contributed by atoms with Gasteiger partial charge in [0, 0.05) is 6.61 Å². The van der Waals surface area contributed by atoms with E-state index in [1.807, 2.05) is 0 Å². The zero-order valence-corrected chi connectivity index (χ0v) is 10.2. The Labute approximate surface area is 93.7 Å². The number of allylic oxidation sites excluding steroid dienone is 2. The number of epoxide rings is 1. The summed E-state index contributed by atoms with van der Waals surface area (Å²) in [6.45, 7) is 9.15. The van der Waals surface area contributed by atoms with Crippen molar-refractivity contribution in [1.29, 1.82) is 0 Å². The first kappa shape index (κ1) is 12.7. The van der Waals surface area contributed by atoms with Crippen molar-refractivity contribution in [2.45, 2.75) is 39.7 Å². The molecule has 0 amide bonds. The lowest BCUT2D eigenvalue weighted by Gasteiger charge is -2.16. The van der Waals surface area contributed by atoms with Gasteiger partial charge in [-0.3, -0.25) is 0 Å². The molecule has 0 spiro atoms. The molecule has 1 rings (SSSR count). The number of hydrogen-bond acceptors (Lipinski definition) is 2. The monoisotopic (exact) mass is 212 g/mol. The molecule has 0 aromatic carbocycles. The molecule has 3 atom stereocenters. The second-order valence-electron chi connectivity index (χ2n) is 4.53. The summed E-state index contributed by atoms with van der Waals surface area (Å²) >= 11 is 0. The summed E-state index contributed by atoms with van der Waals surface area (Å²) in [5, 5.41) is 0. The molecule has 3 unspecified atom stereocenters. The maximum Gasteiger partial charge on any atom is 0.104 e. The van der Waals surface area contributed by atoms with E-state index in [-0.39, 0.29) is 0 Å². The molecule has 1 fully saturated rings. The summed E-state index contributed by atoms with van der Waals surface area (Å²) in [6.07, 6.45) is 7.31. The molecule has 0 aromatic rings. The highest BCUT2D eigenvalue weighted by Crippen LogP contribution is 2.18. The van der Waals surface area contributed by atoms with Crippen LogP contribution in [0.4, 0.5) is 0 Å². The van der Waals surface area contributed by atoms with E-state index in [0.717, 1.165) is 19.8 Å². The number of hydrogen-bond donors (Lipinski definition) is 0. The van der Waals surface area contributed by atoms with Gasteiger partial charge in [0.1, 0.15) is 6.10 Å². The standard InChI is InChI=1S/C13H24O2/c1-4-6-12(5-2)7-11(3)8-14-9-13-10-15-13/h4,6,11-13H,5,7-10H2,1-3H3/b6-4-. The minimum atomic E-state index is 0.398. The van der Waals surface area contributed by atoms with Crippen LogP contribution in [0.15, 0.2) is 12.2 Å². The molecule has 0 bridgehead atoms.